The zero-order chi connectivity index (χ0) is 17.4. The van der Waals surface area contributed by atoms with Crippen LogP contribution in [0.3, 0.4) is 0 Å². The van der Waals surface area contributed by atoms with Crippen LogP contribution in [0.4, 0.5) is 0 Å². The standard InChI is InChI=1S/C18H16N4O2S/c1-24-13-5-6-15-14(9-13)18-16(3-2-8-20-18)22(15)11-12-4-7-17(21-10-12)25(19)23/h2-10H,11,19H2,1H3. The van der Waals surface area contributed by atoms with Crippen LogP contribution < -0.4 is 9.88 Å². The first-order chi connectivity index (χ1) is 12.2. The summed E-state index contributed by atoms with van der Waals surface area (Å²) in [5.74, 6) is 0.800. The van der Waals surface area contributed by atoms with Crippen LogP contribution in [0.15, 0.2) is 59.9 Å². The molecule has 0 aliphatic heterocycles. The second-order valence-corrected chi connectivity index (χ2v) is 6.66. The molecular formula is C18H16N4O2S. The highest BCUT2D eigenvalue weighted by Gasteiger charge is 2.13. The Morgan fingerprint density at radius 1 is 1.16 bits per heavy atom. The molecule has 3 aromatic heterocycles. The Balaban J connectivity index is 1.86. The monoisotopic (exact) mass is 352 g/mol. The molecule has 3 heterocycles. The topological polar surface area (TPSA) is 83.0 Å². The number of benzene rings is 1. The minimum Gasteiger partial charge on any atom is -0.497 e. The fourth-order valence-corrected chi connectivity index (χ4v) is 3.35. The highest BCUT2D eigenvalue weighted by molar-refractivity contribution is 7.82. The SMILES string of the molecule is COc1ccc2c(c1)c1ncccc1n2Cc1ccc(S(N)=O)nc1. The fraction of sp³-hybridized carbons (Fsp3) is 0.111. The fourth-order valence-electron chi connectivity index (χ4n) is 3.00. The lowest BCUT2D eigenvalue weighted by molar-refractivity contribution is 0.415. The van der Waals surface area contributed by atoms with E-state index in [-0.39, 0.29) is 0 Å². The lowest BCUT2D eigenvalue weighted by Gasteiger charge is -2.08. The number of nitrogens with two attached hydrogens (primary N) is 1. The minimum atomic E-state index is -1.57. The molecule has 0 amide bonds. The molecule has 0 radical (unpaired) electrons. The zero-order valence-electron chi connectivity index (χ0n) is 13.5. The smallest absolute Gasteiger partial charge is 0.142 e. The largest absolute Gasteiger partial charge is 0.497 e. The molecule has 0 aliphatic carbocycles. The summed E-state index contributed by atoms with van der Waals surface area (Å²) in [4.78, 5) is 8.71. The lowest BCUT2D eigenvalue weighted by atomic mass is 10.2. The van der Waals surface area contributed by atoms with Crippen molar-refractivity contribution in [1.82, 2.24) is 14.5 Å². The predicted molar refractivity (Wildman–Crippen MR) is 97.7 cm³/mol. The van der Waals surface area contributed by atoms with Crippen LogP contribution >= 0.6 is 0 Å². The number of fused-ring (bicyclic) bond motifs is 3. The van der Waals surface area contributed by atoms with E-state index in [1.807, 2.05) is 36.4 Å². The Morgan fingerprint density at radius 2 is 2.04 bits per heavy atom. The number of rotatable bonds is 4. The van der Waals surface area contributed by atoms with Crippen LogP contribution in [0, 0.1) is 0 Å². The van der Waals surface area contributed by atoms with Crippen molar-refractivity contribution in [2.75, 3.05) is 7.11 Å². The van der Waals surface area contributed by atoms with Gasteiger partial charge >= 0.3 is 0 Å². The summed E-state index contributed by atoms with van der Waals surface area (Å²) < 4.78 is 18.8. The number of hydrogen-bond donors (Lipinski definition) is 1. The third kappa shape index (κ3) is 2.77. The molecule has 0 aliphatic rings. The molecule has 0 bridgehead atoms. The second-order valence-electron chi connectivity index (χ2n) is 5.64. The van der Waals surface area contributed by atoms with Gasteiger partial charge in [0.2, 0.25) is 0 Å². The molecule has 0 saturated heterocycles. The molecule has 126 valence electrons. The number of nitrogens with zero attached hydrogens (tertiary/aromatic N) is 3. The van der Waals surface area contributed by atoms with E-state index in [0.717, 1.165) is 33.2 Å². The summed E-state index contributed by atoms with van der Waals surface area (Å²) >= 11 is 0. The van der Waals surface area contributed by atoms with E-state index in [9.17, 15) is 4.21 Å². The quantitative estimate of drug-likeness (QED) is 0.612. The molecule has 6 nitrogen and oxygen atoms in total. The van der Waals surface area contributed by atoms with Crippen LogP contribution in [-0.4, -0.2) is 25.9 Å². The van der Waals surface area contributed by atoms with Gasteiger partial charge in [-0.15, -0.1) is 0 Å². The van der Waals surface area contributed by atoms with Crippen LogP contribution in [0.2, 0.25) is 0 Å². The lowest BCUT2D eigenvalue weighted by Crippen LogP contribution is -2.06. The highest BCUT2D eigenvalue weighted by atomic mass is 32.2. The summed E-state index contributed by atoms with van der Waals surface area (Å²) in [5.41, 5.74) is 4.04. The van der Waals surface area contributed by atoms with E-state index < -0.39 is 11.0 Å². The molecule has 1 aromatic carbocycles. The molecule has 25 heavy (non-hydrogen) atoms. The Bertz CT molecular complexity index is 1090. The number of hydrogen-bond acceptors (Lipinski definition) is 4. The summed E-state index contributed by atoms with van der Waals surface area (Å²) in [7, 11) is 0.0891. The van der Waals surface area contributed by atoms with Crippen molar-refractivity contribution in [3.63, 3.8) is 0 Å². The van der Waals surface area contributed by atoms with Gasteiger partial charge in [0, 0.05) is 24.3 Å². The van der Waals surface area contributed by atoms with Crippen molar-refractivity contribution in [2.24, 2.45) is 5.14 Å². The predicted octanol–water partition coefficient (Wildman–Crippen LogP) is 2.62. The average Bonchev–Trinajstić information content (AvgIpc) is 2.95. The Labute approximate surface area is 146 Å². The van der Waals surface area contributed by atoms with Crippen molar-refractivity contribution in [2.45, 2.75) is 11.6 Å². The van der Waals surface area contributed by atoms with E-state index in [1.54, 1.807) is 25.6 Å². The maximum atomic E-state index is 11.3. The van der Waals surface area contributed by atoms with Crippen LogP contribution in [0.1, 0.15) is 5.56 Å². The van der Waals surface area contributed by atoms with Gasteiger partial charge in [-0.2, -0.15) is 0 Å². The van der Waals surface area contributed by atoms with Crippen LogP contribution in [-0.2, 0) is 17.5 Å². The van der Waals surface area contributed by atoms with Gasteiger partial charge in [0.15, 0.2) is 0 Å². The first-order valence-corrected chi connectivity index (χ1v) is 8.91. The number of pyridine rings is 2. The van der Waals surface area contributed by atoms with E-state index in [0.29, 0.717) is 11.6 Å². The summed E-state index contributed by atoms with van der Waals surface area (Å²) in [5, 5.41) is 6.78. The molecule has 4 rings (SSSR count). The molecule has 2 N–H and O–H groups in total. The summed E-state index contributed by atoms with van der Waals surface area (Å²) in [6, 6.07) is 13.5. The average molecular weight is 352 g/mol. The van der Waals surface area contributed by atoms with Crippen LogP contribution in [0.25, 0.3) is 21.9 Å². The Kier molecular flexibility index (Phi) is 3.95. The molecule has 4 aromatic rings. The van der Waals surface area contributed by atoms with Gasteiger partial charge in [-0.25, -0.2) is 14.3 Å². The maximum absolute atomic E-state index is 11.3. The van der Waals surface area contributed by atoms with Crippen molar-refractivity contribution in [3.05, 3.63) is 60.4 Å². The van der Waals surface area contributed by atoms with Gasteiger partial charge in [0.25, 0.3) is 0 Å². The number of ether oxygens (including phenoxy) is 1. The van der Waals surface area contributed by atoms with Gasteiger partial charge < -0.3 is 9.30 Å². The normalized spacial score (nSPS) is 12.6. The second kappa shape index (κ2) is 6.27. The Hall–Kier alpha value is -2.77. The van der Waals surface area contributed by atoms with Gasteiger partial charge in [0.05, 0.1) is 23.7 Å². The first-order valence-electron chi connectivity index (χ1n) is 7.69. The van der Waals surface area contributed by atoms with Crippen LogP contribution in [0.5, 0.6) is 5.75 Å². The van der Waals surface area contributed by atoms with Crippen molar-refractivity contribution >= 4 is 32.9 Å². The van der Waals surface area contributed by atoms with Crippen molar-refractivity contribution in [1.29, 1.82) is 0 Å². The third-order valence-electron chi connectivity index (χ3n) is 4.17. The first kappa shape index (κ1) is 15.7. The minimum absolute atomic E-state index is 0.373. The van der Waals surface area contributed by atoms with Gasteiger partial charge in [-0.3, -0.25) is 4.98 Å². The van der Waals surface area contributed by atoms with Crippen molar-refractivity contribution in [3.8, 4) is 5.75 Å². The molecule has 7 heteroatoms. The van der Waals surface area contributed by atoms with Crippen molar-refractivity contribution < 1.29 is 8.95 Å². The van der Waals surface area contributed by atoms with E-state index in [2.05, 4.69) is 14.5 Å². The molecule has 1 atom stereocenters. The number of aromatic nitrogens is 3. The molecule has 0 fully saturated rings. The van der Waals surface area contributed by atoms with E-state index in [1.165, 1.54) is 0 Å². The molecular weight excluding hydrogens is 336 g/mol. The molecule has 0 saturated carbocycles. The number of methoxy groups -OCH3 is 1. The van der Waals surface area contributed by atoms with Gasteiger partial charge in [-0.05, 0) is 42.0 Å². The molecule has 1 unspecified atom stereocenters. The Morgan fingerprint density at radius 3 is 2.76 bits per heavy atom. The maximum Gasteiger partial charge on any atom is 0.142 e. The summed E-state index contributed by atoms with van der Waals surface area (Å²) in [6.07, 6.45) is 3.50. The van der Waals surface area contributed by atoms with E-state index in [4.69, 9.17) is 9.88 Å². The highest BCUT2D eigenvalue weighted by Crippen LogP contribution is 2.30. The van der Waals surface area contributed by atoms with Gasteiger partial charge in [0.1, 0.15) is 21.8 Å². The van der Waals surface area contributed by atoms with Gasteiger partial charge in [-0.1, -0.05) is 6.07 Å². The molecule has 0 spiro atoms. The third-order valence-corrected chi connectivity index (χ3v) is 4.83. The van der Waals surface area contributed by atoms with E-state index >= 15 is 0 Å². The summed E-state index contributed by atoms with van der Waals surface area (Å²) in [6.45, 7) is 0.627. The zero-order valence-corrected chi connectivity index (χ0v) is 14.4.